The van der Waals surface area contributed by atoms with Crippen LogP contribution in [0.2, 0.25) is 0 Å². The maximum absolute atomic E-state index is 4.39. The van der Waals surface area contributed by atoms with Gasteiger partial charge < -0.3 is 5.32 Å². The number of hydrogen-bond acceptors (Lipinski definition) is 5. The normalized spacial score (nSPS) is 10.3. The summed E-state index contributed by atoms with van der Waals surface area (Å²) in [6.07, 6.45) is 1.76. The summed E-state index contributed by atoms with van der Waals surface area (Å²) in [5, 5.41) is 5.96. The third kappa shape index (κ3) is 2.30. The van der Waals surface area contributed by atoms with Gasteiger partial charge in [-0.1, -0.05) is 0 Å². The van der Waals surface area contributed by atoms with Crippen LogP contribution >= 0.6 is 11.3 Å². The lowest BCUT2D eigenvalue weighted by atomic mass is 10.4. The SMILES string of the molecule is CCNc1cc(C)nc(-c2nccs2)n1. The van der Waals surface area contributed by atoms with Gasteiger partial charge in [0.1, 0.15) is 5.82 Å². The van der Waals surface area contributed by atoms with Crippen LogP contribution in [0.5, 0.6) is 0 Å². The molecule has 15 heavy (non-hydrogen) atoms. The van der Waals surface area contributed by atoms with E-state index in [-0.39, 0.29) is 0 Å². The van der Waals surface area contributed by atoms with Crippen LogP contribution in [-0.2, 0) is 0 Å². The van der Waals surface area contributed by atoms with Crippen LogP contribution in [0.3, 0.4) is 0 Å². The Kier molecular flexibility index (Phi) is 2.91. The molecule has 2 rings (SSSR count). The van der Waals surface area contributed by atoms with Crippen LogP contribution in [0, 0.1) is 6.92 Å². The monoisotopic (exact) mass is 220 g/mol. The molecule has 4 nitrogen and oxygen atoms in total. The van der Waals surface area contributed by atoms with Gasteiger partial charge in [-0.15, -0.1) is 11.3 Å². The van der Waals surface area contributed by atoms with Crippen LogP contribution in [0.25, 0.3) is 10.8 Å². The number of nitrogens with one attached hydrogen (secondary N) is 1. The van der Waals surface area contributed by atoms with Crippen molar-refractivity contribution in [3.63, 3.8) is 0 Å². The molecule has 0 radical (unpaired) electrons. The van der Waals surface area contributed by atoms with E-state index in [1.165, 1.54) is 0 Å². The first kappa shape index (κ1) is 10.0. The fourth-order valence-electron chi connectivity index (χ4n) is 1.27. The van der Waals surface area contributed by atoms with E-state index in [9.17, 15) is 0 Å². The summed E-state index contributed by atoms with van der Waals surface area (Å²) < 4.78 is 0. The topological polar surface area (TPSA) is 50.7 Å². The standard InChI is InChI=1S/C10H12N4S/c1-3-11-8-6-7(2)13-9(14-8)10-12-4-5-15-10/h4-6H,3H2,1-2H3,(H,11,13,14). The summed E-state index contributed by atoms with van der Waals surface area (Å²) in [5.41, 5.74) is 0.950. The quantitative estimate of drug-likeness (QED) is 0.862. The van der Waals surface area contributed by atoms with Gasteiger partial charge >= 0.3 is 0 Å². The Morgan fingerprint density at radius 1 is 1.40 bits per heavy atom. The highest BCUT2D eigenvalue weighted by molar-refractivity contribution is 7.12. The van der Waals surface area contributed by atoms with Crippen molar-refractivity contribution in [3.05, 3.63) is 23.3 Å². The lowest BCUT2D eigenvalue weighted by Crippen LogP contribution is -2.02. The number of rotatable bonds is 3. The fraction of sp³-hybridized carbons (Fsp3) is 0.300. The molecule has 0 aliphatic carbocycles. The van der Waals surface area contributed by atoms with E-state index in [2.05, 4.69) is 20.3 Å². The van der Waals surface area contributed by atoms with Gasteiger partial charge in [-0.3, -0.25) is 0 Å². The molecule has 0 unspecified atom stereocenters. The number of thiazole rings is 1. The average Bonchev–Trinajstić information content (AvgIpc) is 2.70. The molecule has 2 heterocycles. The Morgan fingerprint density at radius 3 is 2.93 bits per heavy atom. The molecule has 0 bridgehead atoms. The van der Waals surface area contributed by atoms with Crippen molar-refractivity contribution < 1.29 is 0 Å². The first-order valence-corrected chi connectivity index (χ1v) is 5.67. The van der Waals surface area contributed by atoms with E-state index in [4.69, 9.17) is 0 Å². The average molecular weight is 220 g/mol. The highest BCUT2D eigenvalue weighted by atomic mass is 32.1. The lowest BCUT2D eigenvalue weighted by molar-refractivity contribution is 1.07. The van der Waals surface area contributed by atoms with E-state index in [1.54, 1.807) is 17.5 Å². The lowest BCUT2D eigenvalue weighted by Gasteiger charge is -2.04. The molecule has 0 amide bonds. The van der Waals surface area contributed by atoms with Crippen molar-refractivity contribution in [2.45, 2.75) is 13.8 Å². The van der Waals surface area contributed by atoms with Crippen molar-refractivity contribution in [1.29, 1.82) is 0 Å². The van der Waals surface area contributed by atoms with Gasteiger partial charge in [-0.05, 0) is 13.8 Å². The van der Waals surface area contributed by atoms with Crippen LogP contribution in [0.15, 0.2) is 17.6 Å². The Labute approximate surface area is 92.4 Å². The highest BCUT2D eigenvalue weighted by Crippen LogP contribution is 2.19. The molecule has 0 fully saturated rings. The van der Waals surface area contributed by atoms with Crippen LogP contribution in [0.4, 0.5) is 5.82 Å². The Bertz CT molecular complexity index is 439. The van der Waals surface area contributed by atoms with Crippen LogP contribution < -0.4 is 5.32 Å². The molecule has 0 saturated heterocycles. The Balaban J connectivity index is 2.40. The maximum atomic E-state index is 4.39. The molecule has 78 valence electrons. The molecule has 0 aliphatic heterocycles. The van der Waals surface area contributed by atoms with E-state index in [0.29, 0.717) is 5.82 Å². The second kappa shape index (κ2) is 4.35. The predicted octanol–water partition coefficient (Wildman–Crippen LogP) is 2.34. The molecule has 0 spiro atoms. The van der Waals surface area contributed by atoms with E-state index in [0.717, 1.165) is 23.1 Å². The van der Waals surface area contributed by atoms with Gasteiger partial charge in [-0.2, -0.15) is 0 Å². The zero-order chi connectivity index (χ0) is 10.7. The van der Waals surface area contributed by atoms with Crippen LogP contribution in [0.1, 0.15) is 12.6 Å². The van der Waals surface area contributed by atoms with Gasteiger partial charge in [0, 0.05) is 29.9 Å². The second-order valence-corrected chi connectivity index (χ2v) is 3.98. The summed E-state index contributed by atoms with van der Waals surface area (Å²) >= 11 is 1.55. The third-order valence-electron chi connectivity index (χ3n) is 1.84. The molecule has 0 aromatic carbocycles. The molecule has 5 heteroatoms. The minimum Gasteiger partial charge on any atom is -0.370 e. The second-order valence-electron chi connectivity index (χ2n) is 3.09. The van der Waals surface area contributed by atoms with Crippen molar-refractivity contribution in [3.8, 4) is 10.8 Å². The van der Waals surface area contributed by atoms with Gasteiger partial charge in [-0.25, -0.2) is 15.0 Å². The summed E-state index contributed by atoms with van der Waals surface area (Å²) in [7, 11) is 0. The number of nitrogens with zero attached hydrogens (tertiary/aromatic N) is 3. The molecule has 2 aromatic rings. The molecular weight excluding hydrogens is 208 g/mol. The maximum Gasteiger partial charge on any atom is 0.190 e. The molecule has 1 N–H and O–H groups in total. The van der Waals surface area contributed by atoms with E-state index in [1.807, 2.05) is 25.3 Å². The van der Waals surface area contributed by atoms with Crippen molar-refractivity contribution >= 4 is 17.2 Å². The molecule has 0 atom stereocenters. The van der Waals surface area contributed by atoms with Gasteiger partial charge in [0.15, 0.2) is 10.8 Å². The third-order valence-corrected chi connectivity index (χ3v) is 2.60. The summed E-state index contributed by atoms with van der Waals surface area (Å²) in [6, 6.07) is 1.93. The smallest absolute Gasteiger partial charge is 0.190 e. The van der Waals surface area contributed by atoms with Crippen molar-refractivity contribution in [2.75, 3.05) is 11.9 Å². The van der Waals surface area contributed by atoms with Crippen molar-refractivity contribution in [2.24, 2.45) is 0 Å². The summed E-state index contributed by atoms with van der Waals surface area (Å²) in [6.45, 7) is 4.86. The largest absolute Gasteiger partial charge is 0.370 e. The van der Waals surface area contributed by atoms with E-state index < -0.39 is 0 Å². The first-order valence-electron chi connectivity index (χ1n) is 4.79. The summed E-state index contributed by atoms with van der Waals surface area (Å²) in [5.74, 6) is 1.55. The number of aromatic nitrogens is 3. The Hall–Kier alpha value is -1.49. The van der Waals surface area contributed by atoms with Crippen molar-refractivity contribution in [1.82, 2.24) is 15.0 Å². The molecular formula is C10H12N4S. The minimum atomic E-state index is 0.695. The number of aryl methyl sites for hydroxylation is 1. The fourth-order valence-corrected chi connectivity index (χ4v) is 1.84. The zero-order valence-electron chi connectivity index (χ0n) is 8.69. The van der Waals surface area contributed by atoms with E-state index >= 15 is 0 Å². The van der Waals surface area contributed by atoms with Gasteiger partial charge in [0.2, 0.25) is 0 Å². The zero-order valence-corrected chi connectivity index (χ0v) is 9.51. The molecule has 0 saturated carbocycles. The minimum absolute atomic E-state index is 0.695. The highest BCUT2D eigenvalue weighted by Gasteiger charge is 2.06. The summed E-state index contributed by atoms with van der Waals surface area (Å²) in [4.78, 5) is 12.9. The number of anilines is 1. The first-order chi connectivity index (χ1) is 7.29. The molecule has 2 aromatic heterocycles. The predicted molar refractivity (Wildman–Crippen MR) is 62.0 cm³/mol. The molecule has 0 aliphatic rings. The van der Waals surface area contributed by atoms with Gasteiger partial charge in [0.05, 0.1) is 0 Å². The van der Waals surface area contributed by atoms with Crippen LogP contribution in [-0.4, -0.2) is 21.5 Å². The Morgan fingerprint density at radius 2 is 2.27 bits per heavy atom. The van der Waals surface area contributed by atoms with Gasteiger partial charge in [0.25, 0.3) is 0 Å². The number of hydrogen-bond donors (Lipinski definition) is 1.